The molecule has 0 saturated heterocycles. The van der Waals surface area contributed by atoms with Crippen molar-refractivity contribution in [2.45, 2.75) is 19.9 Å². The lowest BCUT2D eigenvalue weighted by atomic mass is 10.2. The van der Waals surface area contributed by atoms with Crippen LogP contribution < -0.4 is 0 Å². The van der Waals surface area contributed by atoms with Crippen LogP contribution in [-0.4, -0.2) is 31.2 Å². The zero-order valence-electron chi connectivity index (χ0n) is 10.8. The number of carboxylic acids is 1. The van der Waals surface area contributed by atoms with Gasteiger partial charge in [0.15, 0.2) is 5.78 Å². The lowest BCUT2D eigenvalue weighted by molar-refractivity contribution is 0.0685. The number of carboxylic acid groups (broad SMARTS) is 1. The summed E-state index contributed by atoms with van der Waals surface area (Å²) in [7, 11) is 1.83. The predicted octanol–water partition coefficient (Wildman–Crippen LogP) is 1.37. The number of carbonyl (C=O) groups excluding carboxylic acids is 1. The summed E-state index contributed by atoms with van der Waals surface area (Å²) in [5.41, 5.74) is 1.43. The number of aromatic carboxylic acids is 1. The first-order chi connectivity index (χ1) is 8.97. The number of carbonyl (C=O) groups is 2. The molecule has 0 amide bonds. The molecule has 0 radical (unpaired) electrons. The van der Waals surface area contributed by atoms with E-state index in [4.69, 9.17) is 5.11 Å². The summed E-state index contributed by atoms with van der Waals surface area (Å²) >= 11 is 0. The number of hydrogen-bond donors (Lipinski definition) is 1. The van der Waals surface area contributed by atoms with Crippen molar-refractivity contribution >= 4 is 11.8 Å². The number of aryl methyl sites for hydroxylation is 3. The van der Waals surface area contributed by atoms with E-state index in [-0.39, 0.29) is 11.5 Å². The molecule has 6 nitrogen and oxygen atoms in total. The Labute approximate surface area is 110 Å². The van der Waals surface area contributed by atoms with Gasteiger partial charge in [-0.1, -0.05) is 0 Å². The zero-order valence-corrected chi connectivity index (χ0v) is 10.8. The summed E-state index contributed by atoms with van der Waals surface area (Å²) < 4.78 is 3.28. The topological polar surface area (TPSA) is 77.1 Å². The van der Waals surface area contributed by atoms with Crippen molar-refractivity contribution in [3.05, 3.63) is 41.5 Å². The van der Waals surface area contributed by atoms with Gasteiger partial charge in [0.05, 0.1) is 5.69 Å². The van der Waals surface area contributed by atoms with E-state index in [2.05, 4.69) is 5.10 Å². The van der Waals surface area contributed by atoms with Crippen LogP contribution in [0.2, 0.25) is 0 Å². The van der Waals surface area contributed by atoms with E-state index >= 15 is 0 Å². The average Bonchev–Trinajstić information content (AvgIpc) is 2.92. The Hall–Kier alpha value is -2.37. The smallest absolute Gasteiger partial charge is 0.352 e. The van der Waals surface area contributed by atoms with Crippen molar-refractivity contribution in [1.82, 2.24) is 14.3 Å². The molecule has 0 bridgehead atoms. The van der Waals surface area contributed by atoms with Crippen LogP contribution in [0, 0.1) is 0 Å². The van der Waals surface area contributed by atoms with E-state index in [1.165, 1.54) is 13.0 Å². The fourth-order valence-corrected chi connectivity index (χ4v) is 1.90. The molecular weight excluding hydrogens is 246 g/mol. The van der Waals surface area contributed by atoms with Crippen molar-refractivity contribution in [1.29, 1.82) is 0 Å². The molecule has 0 aromatic carbocycles. The number of nitrogens with zero attached hydrogens (tertiary/aromatic N) is 3. The minimum Gasteiger partial charge on any atom is -0.477 e. The Balaban J connectivity index is 2.18. The van der Waals surface area contributed by atoms with Crippen LogP contribution in [0.3, 0.4) is 0 Å². The summed E-state index contributed by atoms with van der Waals surface area (Å²) in [5, 5.41) is 13.3. The highest BCUT2D eigenvalue weighted by Crippen LogP contribution is 2.11. The molecule has 0 atom stereocenters. The highest BCUT2D eigenvalue weighted by atomic mass is 16.4. The minimum absolute atomic E-state index is 0.126. The fraction of sp³-hybridized carbons (Fsp3) is 0.308. The fourth-order valence-electron chi connectivity index (χ4n) is 1.90. The average molecular weight is 261 g/mol. The molecule has 0 aliphatic heterocycles. The molecule has 2 aromatic rings. The molecule has 2 heterocycles. The van der Waals surface area contributed by atoms with E-state index in [1.54, 1.807) is 15.4 Å². The zero-order chi connectivity index (χ0) is 14.0. The standard InChI is InChI=1S/C13H15N3O3/c1-9(17)10-7-12(13(18)19)16(8-10)6-4-11-3-5-15(2)14-11/h3,5,7-8H,4,6H2,1-2H3,(H,18,19). The van der Waals surface area contributed by atoms with E-state index in [9.17, 15) is 9.59 Å². The van der Waals surface area contributed by atoms with Crippen LogP contribution >= 0.6 is 0 Å². The molecule has 2 aromatic heterocycles. The van der Waals surface area contributed by atoms with E-state index < -0.39 is 5.97 Å². The number of Topliss-reactive ketones (excluding diaryl/α,β-unsaturated/α-hetero) is 1. The summed E-state index contributed by atoms with van der Waals surface area (Å²) in [6.45, 7) is 1.90. The summed E-state index contributed by atoms with van der Waals surface area (Å²) in [6, 6.07) is 3.29. The second kappa shape index (κ2) is 5.09. The van der Waals surface area contributed by atoms with Gasteiger partial charge in [-0.3, -0.25) is 9.48 Å². The second-order valence-corrected chi connectivity index (χ2v) is 4.40. The van der Waals surface area contributed by atoms with E-state index in [0.717, 1.165) is 5.69 Å². The van der Waals surface area contributed by atoms with Crippen LogP contribution in [0.4, 0.5) is 0 Å². The van der Waals surface area contributed by atoms with Crippen LogP contribution in [0.5, 0.6) is 0 Å². The number of ketones is 1. The van der Waals surface area contributed by atoms with Gasteiger partial charge >= 0.3 is 5.97 Å². The summed E-state index contributed by atoms with van der Waals surface area (Å²) in [4.78, 5) is 22.4. The lowest BCUT2D eigenvalue weighted by Gasteiger charge is -2.04. The molecule has 2 rings (SSSR count). The van der Waals surface area contributed by atoms with Crippen molar-refractivity contribution < 1.29 is 14.7 Å². The highest BCUT2D eigenvalue weighted by molar-refractivity contribution is 5.97. The lowest BCUT2D eigenvalue weighted by Crippen LogP contribution is -2.09. The number of hydrogen-bond acceptors (Lipinski definition) is 3. The Kier molecular flexibility index (Phi) is 3.50. The van der Waals surface area contributed by atoms with Gasteiger partial charge in [-0.25, -0.2) is 4.79 Å². The predicted molar refractivity (Wildman–Crippen MR) is 68.3 cm³/mol. The third-order valence-electron chi connectivity index (χ3n) is 2.90. The normalized spacial score (nSPS) is 10.6. The third-order valence-corrected chi connectivity index (χ3v) is 2.90. The molecule has 6 heteroatoms. The molecular formula is C13H15N3O3. The highest BCUT2D eigenvalue weighted by Gasteiger charge is 2.14. The molecule has 19 heavy (non-hydrogen) atoms. The van der Waals surface area contributed by atoms with E-state index in [0.29, 0.717) is 18.5 Å². The third kappa shape index (κ3) is 2.90. The van der Waals surface area contributed by atoms with Gasteiger partial charge in [0.25, 0.3) is 0 Å². The molecule has 0 aliphatic carbocycles. The van der Waals surface area contributed by atoms with Crippen LogP contribution in [0.25, 0.3) is 0 Å². The number of aromatic nitrogens is 3. The molecule has 100 valence electrons. The second-order valence-electron chi connectivity index (χ2n) is 4.40. The SMILES string of the molecule is CC(=O)c1cc(C(=O)O)n(CCc2ccn(C)n2)c1. The van der Waals surface area contributed by atoms with Crippen LogP contribution in [-0.2, 0) is 20.0 Å². The quantitative estimate of drug-likeness (QED) is 0.824. The van der Waals surface area contributed by atoms with Crippen molar-refractivity contribution in [3.63, 3.8) is 0 Å². The minimum atomic E-state index is -1.03. The summed E-state index contributed by atoms with van der Waals surface area (Å²) in [5.74, 6) is -1.17. The molecule has 0 aliphatic rings. The maximum Gasteiger partial charge on any atom is 0.352 e. The van der Waals surface area contributed by atoms with Gasteiger partial charge < -0.3 is 9.67 Å². The van der Waals surface area contributed by atoms with Crippen molar-refractivity contribution in [2.75, 3.05) is 0 Å². The van der Waals surface area contributed by atoms with Gasteiger partial charge in [-0.15, -0.1) is 0 Å². The van der Waals surface area contributed by atoms with Gasteiger partial charge in [0, 0.05) is 38.0 Å². The largest absolute Gasteiger partial charge is 0.477 e. The Morgan fingerprint density at radius 2 is 2.16 bits per heavy atom. The monoisotopic (exact) mass is 261 g/mol. The van der Waals surface area contributed by atoms with Gasteiger partial charge in [0.1, 0.15) is 5.69 Å². The molecule has 0 saturated carbocycles. The van der Waals surface area contributed by atoms with Crippen LogP contribution in [0.15, 0.2) is 24.5 Å². The molecule has 0 unspecified atom stereocenters. The maximum atomic E-state index is 11.3. The number of rotatable bonds is 5. The van der Waals surface area contributed by atoms with Crippen LogP contribution in [0.1, 0.15) is 33.5 Å². The molecule has 0 fully saturated rings. The Morgan fingerprint density at radius 3 is 2.68 bits per heavy atom. The molecule has 0 spiro atoms. The van der Waals surface area contributed by atoms with Gasteiger partial charge in [-0.2, -0.15) is 5.10 Å². The Bertz CT molecular complexity index is 625. The summed E-state index contributed by atoms with van der Waals surface area (Å²) in [6.07, 6.45) is 4.03. The van der Waals surface area contributed by atoms with E-state index in [1.807, 2.05) is 19.3 Å². The van der Waals surface area contributed by atoms with Crippen molar-refractivity contribution in [3.8, 4) is 0 Å². The Morgan fingerprint density at radius 1 is 1.42 bits per heavy atom. The maximum absolute atomic E-state index is 11.3. The van der Waals surface area contributed by atoms with Crippen molar-refractivity contribution in [2.24, 2.45) is 7.05 Å². The first-order valence-corrected chi connectivity index (χ1v) is 5.90. The first kappa shape index (κ1) is 13.1. The van der Waals surface area contributed by atoms with Gasteiger partial charge in [0.2, 0.25) is 0 Å². The van der Waals surface area contributed by atoms with Gasteiger partial charge in [-0.05, 0) is 19.1 Å². The molecule has 1 N–H and O–H groups in total. The first-order valence-electron chi connectivity index (χ1n) is 5.90.